The van der Waals surface area contributed by atoms with Crippen LogP contribution in [-0.2, 0) is 17.6 Å². The molecule has 4 rings (SSSR count). The van der Waals surface area contributed by atoms with Gasteiger partial charge in [-0.05, 0) is 62.8 Å². The van der Waals surface area contributed by atoms with E-state index in [1.807, 2.05) is 26.0 Å². The number of aryl methyl sites for hydroxylation is 3. The Labute approximate surface area is 171 Å². The highest BCUT2D eigenvalue weighted by atomic mass is 35.5. The fourth-order valence-electron chi connectivity index (χ4n) is 3.29. The number of rotatable bonds is 4. The van der Waals surface area contributed by atoms with Gasteiger partial charge in [0.2, 0.25) is 5.91 Å². The number of thiophene rings is 1. The zero-order valence-corrected chi connectivity index (χ0v) is 17.6. The van der Waals surface area contributed by atoms with Crippen molar-refractivity contribution >= 4 is 56.5 Å². The number of anilines is 1. The van der Waals surface area contributed by atoms with E-state index in [9.17, 15) is 4.79 Å². The minimum Gasteiger partial charge on any atom is -0.325 e. The van der Waals surface area contributed by atoms with Crippen LogP contribution in [0.5, 0.6) is 0 Å². The number of fused-ring (bicyclic) bond motifs is 3. The first kappa shape index (κ1) is 18.7. The molecule has 3 aromatic rings. The van der Waals surface area contributed by atoms with Crippen LogP contribution in [0.2, 0.25) is 5.02 Å². The second-order valence-electron chi connectivity index (χ2n) is 6.78. The molecule has 27 heavy (non-hydrogen) atoms. The van der Waals surface area contributed by atoms with Crippen molar-refractivity contribution in [3.63, 3.8) is 0 Å². The summed E-state index contributed by atoms with van der Waals surface area (Å²) in [6, 6.07) is 5.56. The lowest BCUT2D eigenvalue weighted by Crippen LogP contribution is -2.22. The number of nitrogens with one attached hydrogen (secondary N) is 1. The highest BCUT2D eigenvalue weighted by molar-refractivity contribution is 8.00. The van der Waals surface area contributed by atoms with Crippen molar-refractivity contribution in [2.75, 3.05) is 5.32 Å². The largest absolute Gasteiger partial charge is 0.325 e. The minimum atomic E-state index is -0.276. The third-order valence-electron chi connectivity index (χ3n) is 4.81. The average Bonchev–Trinajstić information content (AvgIpc) is 3.04. The number of halogens is 1. The highest BCUT2D eigenvalue weighted by Gasteiger charge is 2.23. The fourth-order valence-corrected chi connectivity index (χ4v) is 5.71. The molecular weight excluding hydrogens is 398 g/mol. The number of aromatic nitrogens is 2. The molecule has 0 aliphatic heterocycles. The molecule has 7 heteroatoms. The van der Waals surface area contributed by atoms with Gasteiger partial charge in [0.05, 0.1) is 5.25 Å². The molecule has 2 heterocycles. The van der Waals surface area contributed by atoms with Gasteiger partial charge in [0, 0.05) is 21.0 Å². The number of nitrogens with zero attached hydrogens (tertiary/aromatic N) is 2. The number of carbonyl (C=O) groups is 1. The first-order valence-corrected chi connectivity index (χ1v) is 11.1. The molecule has 0 spiro atoms. The van der Waals surface area contributed by atoms with Gasteiger partial charge in [0.25, 0.3) is 0 Å². The van der Waals surface area contributed by atoms with Crippen LogP contribution in [0.4, 0.5) is 5.69 Å². The standard InChI is InChI=1S/C20H20ClN3OS2/c1-11-7-8-13(9-15(11)21)24-18(25)12(2)26-19-17-14-5-3-4-6-16(14)27-20(17)23-10-22-19/h7-10,12H,3-6H2,1-2H3,(H,24,25). The predicted molar refractivity (Wildman–Crippen MR) is 114 cm³/mol. The first-order chi connectivity index (χ1) is 13.0. The molecule has 140 valence electrons. The van der Waals surface area contributed by atoms with Gasteiger partial charge in [-0.15, -0.1) is 11.3 Å². The molecule has 1 N–H and O–H groups in total. The van der Waals surface area contributed by atoms with E-state index in [0.717, 1.165) is 33.6 Å². The van der Waals surface area contributed by atoms with Crippen molar-refractivity contribution in [2.24, 2.45) is 0 Å². The lowest BCUT2D eigenvalue weighted by atomic mass is 9.97. The summed E-state index contributed by atoms with van der Waals surface area (Å²) >= 11 is 9.43. The number of thioether (sulfide) groups is 1. The Balaban J connectivity index is 1.55. The van der Waals surface area contributed by atoms with Crippen molar-refractivity contribution in [3.05, 3.63) is 45.6 Å². The molecule has 1 aliphatic carbocycles. The average molecular weight is 418 g/mol. The van der Waals surface area contributed by atoms with Crippen LogP contribution >= 0.6 is 34.7 Å². The van der Waals surface area contributed by atoms with E-state index in [0.29, 0.717) is 10.7 Å². The number of hydrogen-bond acceptors (Lipinski definition) is 5. The Morgan fingerprint density at radius 2 is 2.11 bits per heavy atom. The van der Waals surface area contributed by atoms with Crippen LogP contribution < -0.4 is 5.32 Å². The molecule has 1 aliphatic rings. The Morgan fingerprint density at radius 1 is 1.30 bits per heavy atom. The summed E-state index contributed by atoms with van der Waals surface area (Å²) in [5.41, 5.74) is 3.09. The monoisotopic (exact) mass is 417 g/mol. The van der Waals surface area contributed by atoms with Crippen molar-refractivity contribution in [1.82, 2.24) is 9.97 Å². The normalized spacial score (nSPS) is 14.8. The van der Waals surface area contributed by atoms with Crippen LogP contribution in [0.15, 0.2) is 29.6 Å². The van der Waals surface area contributed by atoms with E-state index in [4.69, 9.17) is 11.6 Å². The molecule has 1 aromatic carbocycles. The maximum atomic E-state index is 12.7. The van der Waals surface area contributed by atoms with Crippen LogP contribution in [0.25, 0.3) is 10.2 Å². The Bertz CT molecular complexity index is 1020. The van der Waals surface area contributed by atoms with E-state index in [1.54, 1.807) is 23.7 Å². The van der Waals surface area contributed by atoms with E-state index < -0.39 is 0 Å². The lowest BCUT2D eigenvalue weighted by Gasteiger charge is -2.14. The van der Waals surface area contributed by atoms with E-state index in [2.05, 4.69) is 15.3 Å². The van der Waals surface area contributed by atoms with Crippen molar-refractivity contribution in [1.29, 1.82) is 0 Å². The summed E-state index contributed by atoms with van der Waals surface area (Å²) in [5.74, 6) is -0.0595. The Hall–Kier alpha value is -1.63. The summed E-state index contributed by atoms with van der Waals surface area (Å²) < 4.78 is 0. The van der Waals surface area contributed by atoms with Crippen LogP contribution in [0.3, 0.4) is 0 Å². The van der Waals surface area contributed by atoms with Crippen molar-refractivity contribution < 1.29 is 4.79 Å². The predicted octanol–water partition coefficient (Wildman–Crippen LogP) is 5.65. The lowest BCUT2D eigenvalue weighted by molar-refractivity contribution is -0.115. The van der Waals surface area contributed by atoms with Gasteiger partial charge in [-0.3, -0.25) is 4.79 Å². The second kappa shape index (κ2) is 7.78. The Morgan fingerprint density at radius 3 is 2.93 bits per heavy atom. The van der Waals surface area contributed by atoms with Gasteiger partial charge in [-0.25, -0.2) is 9.97 Å². The van der Waals surface area contributed by atoms with Gasteiger partial charge in [-0.1, -0.05) is 29.4 Å². The number of carbonyl (C=O) groups excluding carboxylic acids is 1. The SMILES string of the molecule is Cc1ccc(NC(=O)C(C)Sc2ncnc3sc4c(c23)CCCC4)cc1Cl. The van der Waals surface area contributed by atoms with Crippen LogP contribution in [-0.4, -0.2) is 21.1 Å². The first-order valence-electron chi connectivity index (χ1n) is 9.02. The molecule has 0 radical (unpaired) electrons. The highest BCUT2D eigenvalue weighted by Crippen LogP contribution is 2.40. The fraction of sp³-hybridized carbons (Fsp3) is 0.350. The number of benzene rings is 1. The summed E-state index contributed by atoms with van der Waals surface area (Å²) in [6.07, 6.45) is 6.27. The van der Waals surface area contributed by atoms with Crippen LogP contribution in [0.1, 0.15) is 35.8 Å². The van der Waals surface area contributed by atoms with E-state index >= 15 is 0 Å². The molecule has 2 aromatic heterocycles. The van der Waals surface area contributed by atoms with Crippen molar-refractivity contribution in [2.45, 2.75) is 49.8 Å². The second-order valence-corrected chi connectivity index (χ2v) is 9.60. The van der Waals surface area contributed by atoms with Crippen LogP contribution in [0, 0.1) is 6.92 Å². The van der Waals surface area contributed by atoms with E-state index in [-0.39, 0.29) is 11.2 Å². The topological polar surface area (TPSA) is 54.9 Å². The summed E-state index contributed by atoms with van der Waals surface area (Å²) in [4.78, 5) is 24.1. The zero-order chi connectivity index (χ0) is 19.0. The van der Waals surface area contributed by atoms with Gasteiger partial charge in [0.15, 0.2) is 0 Å². The van der Waals surface area contributed by atoms with E-state index in [1.165, 1.54) is 35.0 Å². The minimum absolute atomic E-state index is 0.0595. The maximum Gasteiger partial charge on any atom is 0.237 e. The molecule has 0 fully saturated rings. The third-order valence-corrected chi connectivity index (χ3v) is 7.52. The zero-order valence-electron chi connectivity index (χ0n) is 15.2. The number of amides is 1. The molecular formula is C20H20ClN3OS2. The molecule has 1 unspecified atom stereocenters. The van der Waals surface area contributed by atoms with Gasteiger partial charge in [-0.2, -0.15) is 0 Å². The molecule has 0 saturated carbocycles. The molecule has 0 bridgehead atoms. The smallest absolute Gasteiger partial charge is 0.237 e. The third kappa shape index (κ3) is 3.84. The molecule has 1 atom stereocenters. The quantitative estimate of drug-likeness (QED) is 0.440. The van der Waals surface area contributed by atoms with Gasteiger partial charge in [0.1, 0.15) is 16.2 Å². The van der Waals surface area contributed by atoms with Crippen molar-refractivity contribution in [3.8, 4) is 0 Å². The summed E-state index contributed by atoms with van der Waals surface area (Å²) in [5, 5.41) is 5.38. The molecule has 4 nitrogen and oxygen atoms in total. The van der Waals surface area contributed by atoms with Gasteiger partial charge >= 0.3 is 0 Å². The molecule has 0 saturated heterocycles. The number of hydrogen-bond donors (Lipinski definition) is 1. The maximum absolute atomic E-state index is 12.7. The summed E-state index contributed by atoms with van der Waals surface area (Å²) in [6.45, 7) is 3.84. The van der Waals surface area contributed by atoms with Gasteiger partial charge < -0.3 is 5.32 Å². The summed E-state index contributed by atoms with van der Waals surface area (Å²) in [7, 11) is 0. The molecule has 1 amide bonds. The Kier molecular flexibility index (Phi) is 5.39.